The quantitative estimate of drug-likeness (QED) is 0.848. The van der Waals surface area contributed by atoms with E-state index < -0.39 is 11.7 Å². The monoisotopic (exact) mass is 289 g/mol. The number of halogens is 4. The first-order valence-electron chi connectivity index (χ1n) is 5.53. The van der Waals surface area contributed by atoms with E-state index in [9.17, 15) is 13.2 Å². The molecule has 6 heteroatoms. The average molecular weight is 290 g/mol. The van der Waals surface area contributed by atoms with Gasteiger partial charge in [0.25, 0.3) is 0 Å². The molecule has 0 radical (unpaired) electrons. The van der Waals surface area contributed by atoms with Crippen molar-refractivity contribution < 1.29 is 17.6 Å². The molecule has 2 aromatic rings. The molecule has 0 amide bonds. The topological polar surface area (TPSA) is 25.2 Å². The third kappa shape index (κ3) is 3.23. The number of benzene rings is 1. The van der Waals surface area contributed by atoms with Gasteiger partial charge in [-0.25, -0.2) is 0 Å². The summed E-state index contributed by atoms with van der Waals surface area (Å²) in [6.07, 6.45) is -1.30. The van der Waals surface area contributed by atoms with Gasteiger partial charge in [-0.3, -0.25) is 0 Å². The van der Waals surface area contributed by atoms with Crippen LogP contribution in [0.1, 0.15) is 24.1 Å². The summed E-state index contributed by atoms with van der Waals surface area (Å²) in [5.74, 6) is 0. The van der Waals surface area contributed by atoms with Crippen LogP contribution >= 0.6 is 11.6 Å². The minimum Gasteiger partial charge on any atom is -0.472 e. The van der Waals surface area contributed by atoms with Crippen LogP contribution in [0.4, 0.5) is 18.9 Å². The Morgan fingerprint density at radius 2 is 2.00 bits per heavy atom. The predicted molar refractivity (Wildman–Crippen MR) is 67.2 cm³/mol. The van der Waals surface area contributed by atoms with Gasteiger partial charge in [0.2, 0.25) is 0 Å². The average Bonchev–Trinajstić information content (AvgIpc) is 2.84. The molecule has 1 aromatic heterocycles. The lowest BCUT2D eigenvalue weighted by molar-refractivity contribution is -0.137. The Bertz CT molecular complexity index is 552. The summed E-state index contributed by atoms with van der Waals surface area (Å²) in [5, 5.41) is 3.06. The summed E-state index contributed by atoms with van der Waals surface area (Å²) in [6.45, 7) is 1.86. The Hall–Kier alpha value is -1.62. The maximum absolute atomic E-state index is 12.5. The molecule has 0 aliphatic rings. The maximum atomic E-state index is 12.5. The van der Waals surface area contributed by atoms with Crippen LogP contribution in [0.15, 0.2) is 41.2 Å². The zero-order valence-corrected chi connectivity index (χ0v) is 10.7. The van der Waals surface area contributed by atoms with Gasteiger partial charge in [-0.05, 0) is 31.2 Å². The van der Waals surface area contributed by atoms with Crippen LogP contribution < -0.4 is 5.32 Å². The van der Waals surface area contributed by atoms with E-state index in [1.807, 2.05) is 6.92 Å². The van der Waals surface area contributed by atoms with Crippen molar-refractivity contribution in [2.24, 2.45) is 0 Å². The SMILES string of the molecule is CC(Nc1ccc(C(F)(F)F)cc1Cl)c1ccoc1. The van der Waals surface area contributed by atoms with E-state index in [1.54, 1.807) is 12.3 Å². The molecule has 0 aliphatic carbocycles. The molecule has 1 N–H and O–H groups in total. The molecular weight excluding hydrogens is 279 g/mol. The van der Waals surface area contributed by atoms with E-state index in [4.69, 9.17) is 16.0 Å². The van der Waals surface area contributed by atoms with Crippen molar-refractivity contribution in [3.05, 3.63) is 52.9 Å². The highest BCUT2D eigenvalue weighted by Crippen LogP contribution is 2.34. The van der Waals surface area contributed by atoms with Crippen LogP contribution in [0.2, 0.25) is 5.02 Å². The lowest BCUT2D eigenvalue weighted by Crippen LogP contribution is -2.08. The van der Waals surface area contributed by atoms with Crippen molar-refractivity contribution in [2.75, 3.05) is 5.32 Å². The molecule has 0 saturated heterocycles. The Labute approximate surface area is 113 Å². The van der Waals surface area contributed by atoms with E-state index in [2.05, 4.69) is 5.32 Å². The van der Waals surface area contributed by atoms with Crippen molar-refractivity contribution >= 4 is 17.3 Å². The van der Waals surface area contributed by atoms with Crippen molar-refractivity contribution in [3.8, 4) is 0 Å². The van der Waals surface area contributed by atoms with E-state index >= 15 is 0 Å². The summed E-state index contributed by atoms with van der Waals surface area (Å²) in [4.78, 5) is 0. The number of rotatable bonds is 3. The van der Waals surface area contributed by atoms with Gasteiger partial charge in [0.1, 0.15) is 0 Å². The number of anilines is 1. The molecule has 0 aliphatic heterocycles. The van der Waals surface area contributed by atoms with Gasteiger partial charge >= 0.3 is 6.18 Å². The molecule has 0 spiro atoms. The van der Waals surface area contributed by atoms with Gasteiger partial charge in [0.05, 0.1) is 34.8 Å². The lowest BCUT2D eigenvalue weighted by Gasteiger charge is -2.16. The first kappa shape index (κ1) is 13.8. The summed E-state index contributed by atoms with van der Waals surface area (Å²) in [7, 11) is 0. The minimum atomic E-state index is -4.39. The smallest absolute Gasteiger partial charge is 0.416 e. The molecule has 2 rings (SSSR count). The minimum absolute atomic E-state index is 0.0326. The van der Waals surface area contributed by atoms with E-state index in [1.165, 1.54) is 12.3 Å². The molecule has 0 fully saturated rings. The van der Waals surface area contributed by atoms with Gasteiger partial charge in [0.15, 0.2) is 0 Å². The standard InChI is InChI=1S/C13H11ClF3NO/c1-8(9-4-5-19-7-9)18-12-3-2-10(6-11(12)14)13(15,16)17/h2-8,18H,1H3. The zero-order chi connectivity index (χ0) is 14.0. The van der Waals surface area contributed by atoms with E-state index in [-0.39, 0.29) is 11.1 Å². The molecular formula is C13H11ClF3NO. The van der Waals surface area contributed by atoms with Crippen LogP contribution in [0.5, 0.6) is 0 Å². The molecule has 1 heterocycles. The second-order valence-corrected chi connectivity index (χ2v) is 4.52. The summed E-state index contributed by atoms with van der Waals surface area (Å²) < 4.78 is 42.4. The summed E-state index contributed by atoms with van der Waals surface area (Å²) in [6, 6.07) is 4.88. The number of furan rings is 1. The van der Waals surface area contributed by atoms with E-state index in [0.29, 0.717) is 5.69 Å². The normalized spacial score (nSPS) is 13.3. The lowest BCUT2D eigenvalue weighted by atomic mass is 10.1. The van der Waals surface area contributed by atoms with E-state index in [0.717, 1.165) is 17.7 Å². The predicted octanol–water partition coefficient (Wildman–Crippen LogP) is 5.12. The molecule has 0 bridgehead atoms. The van der Waals surface area contributed by atoms with Crippen molar-refractivity contribution in [2.45, 2.75) is 19.1 Å². The fraction of sp³-hybridized carbons (Fsp3) is 0.231. The Balaban J connectivity index is 2.18. The van der Waals surface area contributed by atoms with Crippen molar-refractivity contribution in [1.82, 2.24) is 0 Å². The largest absolute Gasteiger partial charge is 0.472 e. The Kier molecular flexibility index (Phi) is 3.75. The van der Waals surface area contributed by atoms with Crippen LogP contribution in [0.3, 0.4) is 0 Å². The Morgan fingerprint density at radius 3 is 2.53 bits per heavy atom. The number of nitrogens with one attached hydrogen (secondary N) is 1. The van der Waals surface area contributed by atoms with Gasteiger partial charge in [0, 0.05) is 5.56 Å². The van der Waals surface area contributed by atoms with Crippen molar-refractivity contribution in [1.29, 1.82) is 0 Å². The maximum Gasteiger partial charge on any atom is 0.416 e. The van der Waals surface area contributed by atoms with Crippen LogP contribution in [0, 0.1) is 0 Å². The molecule has 1 atom stereocenters. The Morgan fingerprint density at radius 1 is 1.26 bits per heavy atom. The van der Waals surface area contributed by atoms with Crippen molar-refractivity contribution in [3.63, 3.8) is 0 Å². The highest BCUT2D eigenvalue weighted by atomic mass is 35.5. The molecule has 0 saturated carbocycles. The summed E-state index contributed by atoms with van der Waals surface area (Å²) >= 11 is 5.85. The first-order chi connectivity index (χ1) is 8.88. The third-order valence-corrected chi connectivity index (χ3v) is 3.02. The third-order valence-electron chi connectivity index (χ3n) is 2.71. The van der Waals surface area contributed by atoms with Gasteiger partial charge in [-0.1, -0.05) is 11.6 Å². The first-order valence-corrected chi connectivity index (χ1v) is 5.91. The fourth-order valence-electron chi connectivity index (χ4n) is 1.65. The number of hydrogen-bond acceptors (Lipinski definition) is 2. The molecule has 19 heavy (non-hydrogen) atoms. The molecule has 1 aromatic carbocycles. The van der Waals surface area contributed by atoms with Gasteiger partial charge in [-0.15, -0.1) is 0 Å². The van der Waals surface area contributed by atoms with Crippen LogP contribution in [0.25, 0.3) is 0 Å². The number of hydrogen-bond donors (Lipinski definition) is 1. The molecule has 1 unspecified atom stereocenters. The highest BCUT2D eigenvalue weighted by molar-refractivity contribution is 6.33. The van der Waals surface area contributed by atoms with Gasteiger partial charge < -0.3 is 9.73 Å². The highest BCUT2D eigenvalue weighted by Gasteiger charge is 2.30. The molecule has 102 valence electrons. The number of alkyl halides is 3. The van der Waals surface area contributed by atoms with Crippen LogP contribution in [-0.2, 0) is 6.18 Å². The zero-order valence-electron chi connectivity index (χ0n) is 9.96. The van der Waals surface area contributed by atoms with Crippen LogP contribution in [-0.4, -0.2) is 0 Å². The fourth-order valence-corrected chi connectivity index (χ4v) is 1.88. The second-order valence-electron chi connectivity index (χ2n) is 4.12. The molecule has 2 nitrogen and oxygen atoms in total. The summed E-state index contributed by atoms with van der Waals surface area (Å²) in [5.41, 5.74) is 0.568. The van der Waals surface area contributed by atoms with Gasteiger partial charge in [-0.2, -0.15) is 13.2 Å². The second kappa shape index (κ2) is 5.17.